The predicted molar refractivity (Wildman–Crippen MR) is 51.9 cm³/mol. The Morgan fingerprint density at radius 2 is 2.15 bits per heavy atom. The summed E-state index contributed by atoms with van der Waals surface area (Å²) < 4.78 is 0. The minimum absolute atomic E-state index is 0.0251. The quantitative estimate of drug-likeness (QED) is 0.719. The van der Waals surface area contributed by atoms with Gasteiger partial charge in [-0.25, -0.2) is 0 Å². The number of hydrogen-bond donors (Lipinski definition) is 1. The zero-order chi connectivity index (χ0) is 10.5. The maximum Gasteiger partial charge on any atom is 0.225 e. The average molecular weight is 182 g/mol. The molecule has 0 aromatic heterocycles. The molecule has 0 saturated carbocycles. The molecule has 3 nitrogen and oxygen atoms in total. The standard InChI is InChI=1S/C10H18N2O/c1-5-10(3,4)9(13)12-7-8(2)6-11/h8H,5,7H2,1-4H3,(H,12,13). The van der Waals surface area contributed by atoms with Crippen LogP contribution in [0.15, 0.2) is 0 Å². The molecule has 0 saturated heterocycles. The summed E-state index contributed by atoms with van der Waals surface area (Å²) in [5, 5.41) is 11.3. The van der Waals surface area contributed by atoms with Crippen LogP contribution in [0.1, 0.15) is 34.1 Å². The van der Waals surface area contributed by atoms with Gasteiger partial charge in [0.15, 0.2) is 0 Å². The molecule has 0 aliphatic heterocycles. The molecule has 0 aliphatic carbocycles. The largest absolute Gasteiger partial charge is 0.354 e. The third kappa shape index (κ3) is 3.93. The minimum atomic E-state index is -0.324. The van der Waals surface area contributed by atoms with Crippen LogP contribution in [-0.2, 0) is 4.79 Å². The highest BCUT2D eigenvalue weighted by Gasteiger charge is 2.24. The molecule has 0 radical (unpaired) electrons. The van der Waals surface area contributed by atoms with Crippen molar-refractivity contribution in [1.29, 1.82) is 5.26 Å². The van der Waals surface area contributed by atoms with E-state index < -0.39 is 0 Å². The number of nitrogens with zero attached hydrogens (tertiary/aromatic N) is 1. The lowest BCUT2D eigenvalue weighted by atomic mass is 9.89. The number of nitrogens with one attached hydrogen (secondary N) is 1. The van der Waals surface area contributed by atoms with Gasteiger partial charge in [-0.15, -0.1) is 0 Å². The molecule has 0 aliphatic rings. The molecule has 0 aromatic carbocycles. The van der Waals surface area contributed by atoms with Crippen molar-refractivity contribution in [1.82, 2.24) is 5.32 Å². The van der Waals surface area contributed by atoms with E-state index >= 15 is 0 Å². The van der Waals surface area contributed by atoms with E-state index in [1.807, 2.05) is 20.8 Å². The summed E-state index contributed by atoms with van der Waals surface area (Å²) in [4.78, 5) is 11.5. The van der Waals surface area contributed by atoms with Crippen LogP contribution in [0.4, 0.5) is 0 Å². The van der Waals surface area contributed by atoms with E-state index in [0.717, 1.165) is 6.42 Å². The lowest BCUT2D eigenvalue weighted by Crippen LogP contribution is -2.38. The summed E-state index contributed by atoms with van der Waals surface area (Å²) in [5.41, 5.74) is -0.324. The Bertz CT molecular complexity index is 215. The van der Waals surface area contributed by atoms with Gasteiger partial charge in [0.2, 0.25) is 5.91 Å². The molecule has 0 bridgehead atoms. The van der Waals surface area contributed by atoms with E-state index in [-0.39, 0.29) is 17.2 Å². The fraction of sp³-hybridized carbons (Fsp3) is 0.800. The van der Waals surface area contributed by atoms with Gasteiger partial charge < -0.3 is 5.32 Å². The van der Waals surface area contributed by atoms with Crippen LogP contribution in [0.5, 0.6) is 0 Å². The summed E-state index contributed by atoms with van der Waals surface area (Å²) in [7, 11) is 0. The molecule has 1 atom stereocenters. The van der Waals surface area contributed by atoms with Gasteiger partial charge in [0.1, 0.15) is 0 Å². The van der Waals surface area contributed by atoms with Gasteiger partial charge in [0.25, 0.3) is 0 Å². The summed E-state index contributed by atoms with van der Waals surface area (Å²) >= 11 is 0. The molecule has 13 heavy (non-hydrogen) atoms. The normalized spacial score (nSPS) is 13.2. The first-order valence-electron chi connectivity index (χ1n) is 4.62. The van der Waals surface area contributed by atoms with Crippen molar-refractivity contribution in [2.75, 3.05) is 6.54 Å². The monoisotopic (exact) mass is 182 g/mol. The minimum Gasteiger partial charge on any atom is -0.354 e. The first-order valence-corrected chi connectivity index (χ1v) is 4.62. The molecule has 0 fully saturated rings. The van der Waals surface area contributed by atoms with Gasteiger partial charge in [0.05, 0.1) is 12.0 Å². The molecular formula is C10H18N2O. The lowest BCUT2D eigenvalue weighted by molar-refractivity contribution is -0.129. The molecule has 1 unspecified atom stereocenters. The summed E-state index contributed by atoms with van der Waals surface area (Å²) in [6.45, 7) is 8.02. The smallest absolute Gasteiger partial charge is 0.225 e. The molecule has 0 rings (SSSR count). The van der Waals surface area contributed by atoms with Crippen molar-refractivity contribution < 1.29 is 4.79 Å². The zero-order valence-corrected chi connectivity index (χ0v) is 8.85. The molecule has 3 heteroatoms. The Balaban J connectivity index is 3.97. The Morgan fingerprint density at radius 1 is 1.62 bits per heavy atom. The first-order chi connectivity index (χ1) is 5.94. The Hall–Kier alpha value is -1.04. The number of hydrogen-bond acceptors (Lipinski definition) is 2. The number of carbonyl (C=O) groups excluding carboxylic acids is 1. The Kier molecular flexibility index (Phi) is 4.47. The van der Waals surface area contributed by atoms with E-state index in [2.05, 4.69) is 11.4 Å². The van der Waals surface area contributed by atoms with E-state index in [0.29, 0.717) is 6.54 Å². The number of rotatable bonds is 4. The van der Waals surface area contributed by atoms with E-state index in [1.54, 1.807) is 6.92 Å². The summed E-state index contributed by atoms with van der Waals surface area (Å²) in [5.74, 6) is -0.0892. The molecule has 0 aromatic rings. The van der Waals surface area contributed by atoms with Gasteiger partial charge in [0, 0.05) is 12.0 Å². The number of nitriles is 1. The third-order valence-corrected chi connectivity index (χ3v) is 2.29. The van der Waals surface area contributed by atoms with Crippen molar-refractivity contribution in [3.8, 4) is 6.07 Å². The third-order valence-electron chi connectivity index (χ3n) is 2.29. The summed E-state index contributed by atoms with van der Waals surface area (Å²) in [6.07, 6.45) is 0.805. The highest BCUT2D eigenvalue weighted by Crippen LogP contribution is 2.19. The second kappa shape index (κ2) is 4.86. The van der Waals surface area contributed by atoms with Crippen molar-refractivity contribution in [2.24, 2.45) is 11.3 Å². The van der Waals surface area contributed by atoms with Crippen LogP contribution in [0.2, 0.25) is 0 Å². The van der Waals surface area contributed by atoms with Crippen molar-refractivity contribution in [2.45, 2.75) is 34.1 Å². The van der Waals surface area contributed by atoms with E-state index in [9.17, 15) is 4.79 Å². The van der Waals surface area contributed by atoms with Gasteiger partial charge in [-0.2, -0.15) is 5.26 Å². The van der Waals surface area contributed by atoms with Crippen LogP contribution < -0.4 is 5.32 Å². The van der Waals surface area contributed by atoms with Gasteiger partial charge >= 0.3 is 0 Å². The second-order valence-electron chi connectivity index (χ2n) is 3.98. The van der Waals surface area contributed by atoms with Crippen LogP contribution >= 0.6 is 0 Å². The van der Waals surface area contributed by atoms with E-state index in [1.165, 1.54) is 0 Å². The second-order valence-corrected chi connectivity index (χ2v) is 3.98. The fourth-order valence-corrected chi connectivity index (χ4v) is 0.691. The Labute approximate surface area is 80.1 Å². The van der Waals surface area contributed by atoms with Gasteiger partial charge in [-0.05, 0) is 13.3 Å². The van der Waals surface area contributed by atoms with Crippen molar-refractivity contribution in [3.63, 3.8) is 0 Å². The fourth-order valence-electron chi connectivity index (χ4n) is 0.691. The molecule has 0 spiro atoms. The average Bonchev–Trinajstić information content (AvgIpc) is 2.13. The van der Waals surface area contributed by atoms with Gasteiger partial charge in [-0.1, -0.05) is 20.8 Å². The first kappa shape index (κ1) is 12.0. The van der Waals surface area contributed by atoms with Crippen molar-refractivity contribution in [3.05, 3.63) is 0 Å². The lowest BCUT2D eigenvalue weighted by Gasteiger charge is -2.21. The molecule has 1 amide bonds. The van der Waals surface area contributed by atoms with Crippen LogP contribution in [0.25, 0.3) is 0 Å². The van der Waals surface area contributed by atoms with Crippen LogP contribution in [-0.4, -0.2) is 12.5 Å². The van der Waals surface area contributed by atoms with Gasteiger partial charge in [-0.3, -0.25) is 4.79 Å². The SMILES string of the molecule is CCC(C)(C)C(=O)NCC(C)C#N. The number of carbonyl (C=O) groups is 1. The van der Waals surface area contributed by atoms with E-state index in [4.69, 9.17) is 5.26 Å². The maximum atomic E-state index is 11.5. The highest BCUT2D eigenvalue weighted by molar-refractivity contribution is 5.81. The maximum absolute atomic E-state index is 11.5. The van der Waals surface area contributed by atoms with Crippen molar-refractivity contribution >= 4 is 5.91 Å². The predicted octanol–water partition coefficient (Wildman–Crippen LogP) is 1.70. The Morgan fingerprint density at radius 3 is 2.54 bits per heavy atom. The summed E-state index contributed by atoms with van der Waals surface area (Å²) in [6, 6.07) is 2.08. The highest BCUT2D eigenvalue weighted by atomic mass is 16.2. The molecule has 1 N–H and O–H groups in total. The topological polar surface area (TPSA) is 52.9 Å². The number of amides is 1. The molecular weight excluding hydrogens is 164 g/mol. The zero-order valence-electron chi connectivity index (χ0n) is 8.85. The molecule has 0 heterocycles. The molecule has 74 valence electrons. The van der Waals surface area contributed by atoms with Crippen LogP contribution in [0, 0.1) is 22.7 Å². The van der Waals surface area contributed by atoms with Crippen LogP contribution in [0.3, 0.4) is 0 Å².